The topological polar surface area (TPSA) is 38.9 Å². The smallest absolute Gasteiger partial charge is 0.0858 e. The highest BCUT2D eigenvalue weighted by Gasteiger charge is 2.11. The number of fused-ring (bicyclic) bond motifs is 1. The van der Waals surface area contributed by atoms with Crippen LogP contribution in [0.5, 0.6) is 0 Å². The standard InChI is InChI=1S/C13H8Br2N2S/c14-7-1-3-9(11(16)5-7)13-10-4-2-8(15)6-12(10)17-18-13/h1-6H,16H2. The highest BCUT2D eigenvalue weighted by molar-refractivity contribution is 9.10. The van der Waals surface area contributed by atoms with Crippen LogP contribution in [-0.4, -0.2) is 4.37 Å². The van der Waals surface area contributed by atoms with E-state index < -0.39 is 0 Å². The molecule has 2 N–H and O–H groups in total. The molecule has 3 rings (SSSR count). The molecule has 0 aliphatic rings. The van der Waals surface area contributed by atoms with Gasteiger partial charge in [-0.15, -0.1) is 0 Å². The normalized spacial score (nSPS) is 11.0. The van der Waals surface area contributed by atoms with Gasteiger partial charge in [0.15, 0.2) is 0 Å². The van der Waals surface area contributed by atoms with Gasteiger partial charge in [0.05, 0.1) is 10.4 Å². The van der Waals surface area contributed by atoms with Crippen molar-refractivity contribution < 1.29 is 0 Å². The van der Waals surface area contributed by atoms with E-state index in [0.29, 0.717) is 0 Å². The van der Waals surface area contributed by atoms with Crippen molar-refractivity contribution in [3.8, 4) is 10.4 Å². The number of anilines is 1. The first kappa shape index (κ1) is 12.1. The first-order chi connectivity index (χ1) is 8.65. The van der Waals surface area contributed by atoms with Crippen molar-refractivity contribution in [3.05, 3.63) is 45.3 Å². The molecule has 0 unspecified atom stereocenters. The van der Waals surface area contributed by atoms with Crippen molar-refractivity contribution in [2.24, 2.45) is 0 Å². The lowest BCUT2D eigenvalue weighted by atomic mass is 10.1. The van der Waals surface area contributed by atoms with Crippen LogP contribution in [0, 0.1) is 0 Å². The van der Waals surface area contributed by atoms with Crippen LogP contribution in [0.25, 0.3) is 21.3 Å². The monoisotopic (exact) mass is 382 g/mol. The van der Waals surface area contributed by atoms with E-state index in [0.717, 1.165) is 36.0 Å². The zero-order chi connectivity index (χ0) is 12.7. The molecule has 2 aromatic carbocycles. The second-order valence-electron chi connectivity index (χ2n) is 3.90. The summed E-state index contributed by atoms with van der Waals surface area (Å²) in [5.74, 6) is 0. The summed E-state index contributed by atoms with van der Waals surface area (Å²) in [7, 11) is 0. The van der Waals surface area contributed by atoms with E-state index in [1.807, 2.05) is 30.3 Å². The van der Waals surface area contributed by atoms with Crippen LogP contribution in [0.3, 0.4) is 0 Å². The molecule has 0 spiro atoms. The molecule has 1 heterocycles. The average Bonchev–Trinajstić information content (AvgIpc) is 2.72. The summed E-state index contributed by atoms with van der Waals surface area (Å²) in [6.07, 6.45) is 0. The molecule has 3 aromatic rings. The van der Waals surface area contributed by atoms with E-state index in [4.69, 9.17) is 5.73 Å². The molecule has 0 radical (unpaired) electrons. The Kier molecular flexibility index (Phi) is 3.13. The van der Waals surface area contributed by atoms with E-state index >= 15 is 0 Å². The Hall–Kier alpha value is -0.910. The van der Waals surface area contributed by atoms with Gasteiger partial charge in [0, 0.05) is 25.6 Å². The summed E-state index contributed by atoms with van der Waals surface area (Å²) in [4.78, 5) is 1.11. The Morgan fingerprint density at radius 1 is 1.00 bits per heavy atom. The summed E-state index contributed by atoms with van der Waals surface area (Å²) >= 11 is 8.35. The number of rotatable bonds is 1. The average molecular weight is 384 g/mol. The Morgan fingerprint density at radius 2 is 1.72 bits per heavy atom. The minimum Gasteiger partial charge on any atom is -0.398 e. The number of halogens is 2. The van der Waals surface area contributed by atoms with E-state index in [2.05, 4.69) is 42.3 Å². The maximum absolute atomic E-state index is 6.07. The van der Waals surface area contributed by atoms with E-state index in [9.17, 15) is 0 Å². The molecular weight excluding hydrogens is 376 g/mol. The molecule has 0 fully saturated rings. The van der Waals surface area contributed by atoms with E-state index in [1.165, 1.54) is 11.5 Å². The maximum Gasteiger partial charge on any atom is 0.0858 e. The van der Waals surface area contributed by atoms with Crippen molar-refractivity contribution in [2.45, 2.75) is 0 Å². The van der Waals surface area contributed by atoms with Gasteiger partial charge in [-0.3, -0.25) is 0 Å². The molecule has 1 aromatic heterocycles. The van der Waals surface area contributed by atoms with E-state index in [1.54, 1.807) is 0 Å². The number of benzene rings is 2. The van der Waals surface area contributed by atoms with Gasteiger partial charge < -0.3 is 5.73 Å². The van der Waals surface area contributed by atoms with Crippen LogP contribution in [0.4, 0.5) is 5.69 Å². The van der Waals surface area contributed by atoms with Crippen molar-refractivity contribution >= 4 is 60.0 Å². The zero-order valence-electron chi connectivity index (χ0n) is 9.15. The number of nitrogen functional groups attached to an aromatic ring is 1. The minimum absolute atomic E-state index is 0.762. The summed E-state index contributed by atoms with van der Waals surface area (Å²) in [5, 5.41) is 1.14. The van der Waals surface area contributed by atoms with Crippen LogP contribution in [-0.2, 0) is 0 Å². The fourth-order valence-corrected chi connectivity index (χ4v) is 3.47. The van der Waals surface area contributed by atoms with Gasteiger partial charge in [-0.25, -0.2) is 0 Å². The lowest BCUT2D eigenvalue weighted by Crippen LogP contribution is -1.88. The minimum atomic E-state index is 0.762. The molecule has 90 valence electrons. The van der Waals surface area contributed by atoms with Crippen molar-refractivity contribution in [1.29, 1.82) is 0 Å². The third-order valence-corrected chi connectivity index (χ3v) is 4.59. The molecule has 0 saturated carbocycles. The largest absolute Gasteiger partial charge is 0.398 e. The van der Waals surface area contributed by atoms with Gasteiger partial charge in [-0.2, -0.15) is 4.37 Å². The highest BCUT2D eigenvalue weighted by atomic mass is 79.9. The molecule has 0 bridgehead atoms. The van der Waals surface area contributed by atoms with Crippen LogP contribution in [0.2, 0.25) is 0 Å². The van der Waals surface area contributed by atoms with Crippen molar-refractivity contribution in [1.82, 2.24) is 4.37 Å². The Balaban J connectivity index is 2.25. The summed E-state index contributed by atoms with van der Waals surface area (Å²) in [6.45, 7) is 0. The first-order valence-electron chi connectivity index (χ1n) is 5.25. The third-order valence-electron chi connectivity index (χ3n) is 2.70. The fraction of sp³-hybridized carbons (Fsp3) is 0. The number of hydrogen-bond donors (Lipinski definition) is 1. The van der Waals surface area contributed by atoms with Gasteiger partial charge in [-0.05, 0) is 35.8 Å². The maximum atomic E-state index is 6.07. The second kappa shape index (κ2) is 4.64. The molecule has 0 aliphatic heterocycles. The molecule has 5 heteroatoms. The lowest BCUT2D eigenvalue weighted by molar-refractivity contribution is 1.63. The summed E-state index contributed by atoms with van der Waals surface area (Å²) in [5.41, 5.74) is 8.86. The number of nitrogens with zero attached hydrogens (tertiary/aromatic N) is 1. The zero-order valence-corrected chi connectivity index (χ0v) is 13.1. The van der Waals surface area contributed by atoms with Crippen molar-refractivity contribution in [3.63, 3.8) is 0 Å². The Bertz CT molecular complexity index is 737. The lowest BCUT2D eigenvalue weighted by Gasteiger charge is -2.04. The quantitative estimate of drug-likeness (QED) is 0.595. The highest BCUT2D eigenvalue weighted by Crippen LogP contribution is 2.37. The van der Waals surface area contributed by atoms with Gasteiger partial charge in [0.2, 0.25) is 0 Å². The van der Waals surface area contributed by atoms with Gasteiger partial charge in [0.1, 0.15) is 0 Å². The second-order valence-corrected chi connectivity index (χ2v) is 6.51. The SMILES string of the molecule is Nc1cc(Br)ccc1-c1snc2cc(Br)ccc12. The molecule has 18 heavy (non-hydrogen) atoms. The van der Waals surface area contributed by atoms with Crippen LogP contribution in [0.15, 0.2) is 45.3 Å². The Labute approximate surface area is 125 Å². The number of aromatic nitrogens is 1. The molecule has 0 amide bonds. The predicted octanol–water partition coefficient (Wildman–Crippen LogP) is 5.07. The summed E-state index contributed by atoms with van der Waals surface area (Å²) in [6, 6.07) is 12.0. The predicted molar refractivity (Wildman–Crippen MR) is 84.9 cm³/mol. The first-order valence-corrected chi connectivity index (χ1v) is 7.61. The fourth-order valence-electron chi connectivity index (χ4n) is 1.85. The number of hydrogen-bond acceptors (Lipinski definition) is 3. The molecular formula is C13H8Br2N2S. The molecule has 2 nitrogen and oxygen atoms in total. The van der Waals surface area contributed by atoms with Gasteiger partial charge in [0.25, 0.3) is 0 Å². The number of nitrogens with two attached hydrogens (primary N) is 1. The van der Waals surface area contributed by atoms with Gasteiger partial charge in [-0.1, -0.05) is 44.0 Å². The third kappa shape index (κ3) is 2.06. The molecule has 0 saturated heterocycles. The van der Waals surface area contributed by atoms with Crippen LogP contribution in [0.1, 0.15) is 0 Å². The van der Waals surface area contributed by atoms with Crippen molar-refractivity contribution in [2.75, 3.05) is 5.73 Å². The van der Waals surface area contributed by atoms with E-state index in [-0.39, 0.29) is 0 Å². The van der Waals surface area contributed by atoms with Crippen LogP contribution >= 0.6 is 43.4 Å². The van der Waals surface area contributed by atoms with Crippen LogP contribution < -0.4 is 5.73 Å². The Morgan fingerprint density at radius 3 is 2.50 bits per heavy atom. The molecule has 0 aliphatic carbocycles. The summed E-state index contributed by atoms with van der Waals surface area (Å²) < 4.78 is 6.49. The molecule has 0 atom stereocenters. The van der Waals surface area contributed by atoms with Gasteiger partial charge >= 0.3 is 0 Å².